The van der Waals surface area contributed by atoms with Crippen molar-refractivity contribution in [2.75, 3.05) is 25.5 Å². The first-order valence-electron chi connectivity index (χ1n) is 6.30. The SMILES string of the molecule is CNCCC1C(C)N(C)c2ccc(Br)cc2S1(=O)=O. The second-order valence-corrected chi connectivity index (χ2v) is 7.99. The lowest BCUT2D eigenvalue weighted by Crippen LogP contribution is -2.48. The van der Waals surface area contributed by atoms with E-state index in [1.54, 1.807) is 6.07 Å². The zero-order chi connectivity index (χ0) is 14.2. The standard InChI is InChI=1S/C13H19BrN2O2S/c1-9-12(6-7-15-2)19(17,18)13-8-10(14)4-5-11(13)16(9)3/h4-5,8-9,12,15H,6-7H2,1-3H3. The van der Waals surface area contributed by atoms with Crippen LogP contribution < -0.4 is 10.2 Å². The zero-order valence-electron chi connectivity index (χ0n) is 11.4. The molecule has 19 heavy (non-hydrogen) atoms. The van der Waals surface area contributed by atoms with Gasteiger partial charge in [-0.2, -0.15) is 0 Å². The smallest absolute Gasteiger partial charge is 0.185 e. The molecule has 1 aromatic carbocycles. The van der Waals surface area contributed by atoms with Crippen LogP contribution in [0.4, 0.5) is 5.69 Å². The van der Waals surface area contributed by atoms with E-state index in [0.717, 1.165) is 10.2 Å². The molecule has 2 rings (SSSR count). The molecule has 1 aromatic rings. The number of rotatable bonds is 3. The Morgan fingerprint density at radius 1 is 1.42 bits per heavy atom. The summed E-state index contributed by atoms with van der Waals surface area (Å²) in [6.07, 6.45) is 0.621. The maximum Gasteiger partial charge on any atom is 0.185 e. The molecule has 0 saturated carbocycles. The van der Waals surface area contributed by atoms with Gasteiger partial charge in [-0.15, -0.1) is 0 Å². The van der Waals surface area contributed by atoms with Crippen molar-refractivity contribution in [2.45, 2.75) is 29.5 Å². The number of hydrogen-bond donors (Lipinski definition) is 1. The van der Waals surface area contributed by atoms with E-state index >= 15 is 0 Å². The normalized spacial score (nSPS) is 25.2. The van der Waals surface area contributed by atoms with Gasteiger partial charge >= 0.3 is 0 Å². The molecule has 4 nitrogen and oxygen atoms in total. The summed E-state index contributed by atoms with van der Waals surface area (Å²) in [4.78, 5) is 2.49. The quantitative estimate of drug-likeness (QED) is 0.909. The monoisotopic (exact) mass is 346 g/mol. The minimum atomic E-state index is -3.27. The molecule has 106 valence electrons. The van der Waals surface area contributed by atoms with Crippen LogP contribution in [0.2, 0.25) is 0 Å². The first kappa shape index (κ1) is 14.8. The molecule has 1 aliphatic rings. The van der Waals surface area contributed by atoms with Crippen molar-refractivity contribution < 1.29 is 8.42 Å². The van der Waals surface area contributed by atoms with Crippen molar-refractivity contribution in [3.05, 3.63) is 22.7 Å². The number of fused-ring (bicyclic) bond motifs is 1. The van der Waals surface area contributed by atoms with Gasteiger partial charge in [0.05, 0.1) is 15.8 Å². The van der Waals surface area contributed by atoms with Crippen LogP contribution in [0.3, 0.4) is 0 Å². The molecule has 2 unspecified atom stereocenters. The van der Waals surface area contributed by atoms with E-state index in [0.29, 0.717) is 17.9 Å². The average Bonchev–Trinajstić information content (AvgIpc) is 2.36. The topological polar surface area (TPSA) is 49.4 Å². The van der Waals surface area contributed by atoms with Gasteiger partial charge < -0.3 is 10.2 Å². The molecule has 0 spiro atoms. The van der Waals surface area contributed by atoms with Crippen molar-refractivity contribution in [3.63, 3.8) is 0 Å². The summed E-state index contributed by atoms with van der Waals surface area (Å²) < 4.78 is 26.3. The van der Waals surface area contributed by atoms with E-state index in [9.17, 15) is 8.42 Å². The highest BCUT2D eigenvalue weighted by atomic mass is 79.9. The van der Waals surface area contributed by atoms with Crippen molar-refractivity contribution in [2.24, 2.45) is 0 Å². The molecule has 0 aromatic heterocycles. The largest absolute Gasteiger partial charge is 0.370 e. The van der Waals surface area contributed by atoms with E-state index in [-0.39, 0.29) is 11.3 Å². The maximum atomic E-state index is 12.7. The third-order valence-corrected chi connectivity index (χ3v) is 6.69. The van der Waals surface area contributed by atoms with Gasteiger partial charge in [-0.05, 0) is 45.1 Å². The summed E-state index contributed by atoms with van der Waals surface area (Å²) in [5.41, 5.74) is 0.788. The van der Waals surface area contributed by atoms with Crippen LogP contribution in [0.5, 0.6) is 0 Å². The lowest BCUT2D eigenvalue weighted by atomic mass is 10.1. The Hall–Kier alpha value is -0.590. The number of anilines is 1. The van der Waals surface area contributed by atoms with Gasteiger partial charge in [0.2, 0.25) is 0 Å². The molecule has 0 aliphatic carbocycles. The van der Waals surface area contributed by atoms with Crippen molar-refractivity contribution in [1.82, 2.24) is 5.32 Å². The van der Waals surface area contributed by atoms with Crippen LogP contribution in [0.15, 0.2) is 27.6 Å². The first-order valence-corrected chi connectivity index (χ1v) is 8.64. The second-order valence-electron chi connectivity index (χ2n) is 4.94. The molecule has 0 fully saturated rings. The van der Waals surface area contributed by atoms with Gasteiger partial charge in [-0.1, -0.05) is 15.9 Å². The van der Waals surface area contributed by atoms with Crippen molar-refractivity contribution >= 4 is 31.5 Å². The van der Waals surface area contributed by atoms with Crippen LogP contribution in [0.1, 0.15) is 13.3 Å². The summed E-state index contributed by atoms with van der Waals surface area (Å²) in [7, 11) is 0.527. The lowest BCUT2D eigenvalue weighted by molar-refractivity contribution is 0.515. The molecular formula is C13H19BrN2O2S. The fraction of sp³-hybridized carbons (Fsp3) is 0.538. The predicted octanol–water partition coefficient (Wildman–Crippen LogP) is 2.04. The second kappa shape index (κ2) is 5.42. The van der Waals surface area contributed by atoms with Crippen molar-refractivity contribution in [1.29, 1.82) is 0 Å². The number of nitrogens with zero attached hydrogens (tertiary/aromatic N) is 1. The van der Waals surface area contributed by atoms with Crippen LogP contribution in [-0.2, 0) is 9.84 Å². The Morgan fingerprint density at radius 2 is 2.11 bits per heavy atom. The molecule has 1 N–H and O–H groups in total. The molecule has 0 amide bonds. The Bertz CT molecular complexity index is 574. The summed E-state index contributed by atoms with van der Waals surface area (Å²) in [5, 5.41) is 2.66. The number of halogens is 1. The average molecular weight is 347 g/mol. The van der Waals surface area contributed by atoms with E-state index < -0.39 is 9.84 Å². The summed E-state index contributed by atoms with van der Waals surface area (Å²) >= 11 is 3.35. The van der Waals surface area contributed by atoms with Gasteiger partial charge in [0, 0.05) is 17.6 Å². The molecule has 0 radical (unpaired) electrons. The van der Waals surface area contributed by atoms with Crippen LogP contribution >= 0.6 is 15.9 Å². The van der Waals surface area contributed by atoms with Gasteiger partial charge in [-0.3, -0.25) is 0 Å². The zero-order valence-corrected chi connectivity index (χ0v) is 13.8. The highest BCUT2D eigenvalue weighted by Crippen LogP contribution is 2.38. The molecule has 2 atom stereocenters. The van der Waals surface area contributed by atoms with Gasteiger partial charge in [-0.25, -0.2) is 8.42 Å². The van der Waals surface area contributed by atoms with Crippen LogP contribution in [0, 0.1) is 0 Å². The number of sulfone groups is 1. The molecule has 6 heteroatoms. The van der Waals surface area contributed by atoms with Gasteiger partial charge in [0.25, 0.3) is 0 Å². The molecule has 1 heterocycles. The molecular weight excluding hydrogens is 328 g/mol. The van der Waals surface area contributed by atoms with E-state index in [4.69, 9.17) is 0 Å². The highest BCUT2D eigenvalue weighted by Gasteiger charge is 2.40. The summed E-state index contributed by atoms with van der Waals surface area (Å²) in [5.74, 6) is 0. The summed E-state index contributed by atoms with van der Waals surface area (Å²) in [6.45, 7) is 2.67. The number of nitrogens with one attached hydrogen (secondary N) is 1. The molecule has 0 saturated heterocycles. The van der Waals surface area contributed by atoms with E-state index in [1.165, 1.54) is 0 Å². The maximum absolute atomic E-state index is 12.7. The van der Waals surface area contributed by atoms with Gasteiger partial charge in [0.1, 0.15) is 0 Å². The van der Waals surface area contributed by atoms with Gasteiger partial charge in [0.15, 0.2) is 9.84 Å². The highest BCUT2D eigenvalue weighted by molar-refractivity contribution is 9.10. The molecule has 0 bridgehead atoms. The Balaban J connectivity index is 2.53. The Kier molecular flexibility index (Phi) is 4.23. The minimum absolute atomic E-state index is 0.0213. The fourth-order valence-electron chi connectivity index (χ4n) is 2.58. The molecule has 1 aliphatic heterocycles. The fourth-order valence-corrected chi connectivity index (χ4v) is 5.34. The number of benzene rings is 1. The third kappa shape index (κ3) is 2.53. The first-order chi connectivity index (χ1) is 8.89. The number of hydrogen-bond acceptors (Lipinski definition) is 4. The summed E-state index contributed by atoms with van der Waals surface area (Å²) in [6, 6.07) is 5.43. The Labute approximate surface area is 123 Å². The van der Waals surface area contributed by atoms with E-state index in [2.05, 4.69) is 26.1 Å². The minimum Gasteiger partial charge on any atom is -0.370 e. The van der Waals surface area contributed by atoms with Crippen LogP contribution in [0.25, 0.3) is 0 Å². The van der Waals surface area contributed by atoms with Crippen molar-refractivity contribution in [3.8, 4) is 0 Å². The van der Waals surface area contributed by atoms with E-state index in [1.807, 2.05) is 33.2 Å². The lowest BCUT2D eigenvalue weighted by Gasteiger charge is -2.39. The van der Waals surface area contributed by atoms with Crippen LogP contribution in [-0.4, -0.2) is 40.3 Å². The predicted molar refractivity (Wildman–Crippen MR) is 81.5 cm³/mol. The Morgan fingerprint density at radius 3 is 2.74 bits per heavy atom. The third-order valence-electron chi connectivity index (χ3n) is 3.83.